The quantitative estimate of drug-likeness (QED) is 0.167. The van der Waals surface area contributed by atoms with Crippen LogP contribution < -0.4 is 20.5 Å². The normalized spacial score (nSPS) is 23.4. The molecule has 0 bridgehead atoms. The molecule has 1 saturated heterocycles. The van der Waals surface area contributed by atoms with E-state index in [1.54, 1.807) is 6.08 Å². The maximum Gasteiger partial charge on any atom is 0.310 e. The Morgan fingerprint density at radius 1 is 1.28 bits per heavy atom. The van der Waals surface area contributed by atoms with Crippen LogP contribution in [0.2, 0.25) is 0 Å². The number of hydrogen-bond acceptors (Lipinski definition) is 9. The average molecular weight is 525 g/mol. The smallest absolute Gasteiger partial charge is 0.310 e. The molecule has 5 N–H and O–H groups in total. The fraction of sp³-hybridized carbons (Fsp3) is 0.455. The number of carbonyl (C=O) groups is 4. The molecule has 2 aliphatic heterocycles. The summed E-state index contributed by atoms with van der Waals surface area (Å²) in [6.07, 6.45) is -0.283. The van der Waals surface area contributed by atoms with Crippen LogP contribution in [0.15, 0.2) is 40.8 Å². The fourth-order valence-corrected chi connectivity index (χ4v) is 4.82. The van der Waals surface area contributed by atoms with Crippen LogP contribution in [0.25, 0.3) is 0 Å². The second-order valence-corrected chi connectivity index (χ2v) is 10.2. The molecule has 13 nitrogen and oxygen atoms in total. The van der Waals surface area contributed by atoms with Gasteiger partial charge in [-0.05, 0) is 43.2 Å². The first-order valence-electron chi connectivity index (χ1n) is 11.0. The van der Waals surface area contributed by atoms with Gasteiger partial charge in [0, 0.05) is 13.1 Å². The largest absolute Gasteiger partial charge is 0.497 e. The van der Waals surface area contributed by atoms with Crippen LogP contribution in [0.5, 0.6) is 5.75 Å². The minimum atomic E-state index is -3.92. The lowest BCUT2D eigenvalue weighted by molar-refractivity contribution is -0.155. The summed E-state index contributed by atoms with van der Waals surface area (Å²) in [5, 5.41) is 12.2. The minimum absolute atomic E-state index is 0.0000927. The Hall–Kier alpha value is -3.49. The third-order valence-electron chi connectivity index (χ3n) is 5.96. The first kappa shape index (κ1) is 27.1. The zero-order chi connectivity index (χ0) is 26.6. The molecule has 1 aromatic rings. The molecule has 2 heterocycles. The number of ether oxygens (including phenoxy) is 2. The maximum atomic E-state index is 13.0. The lowest BCUT2D eigenvalue weighted by Gasteiger charge is -2.30. The number of hydrogen-bond donors (Lipinski definition) is 4. The molecule has 3 rings (SSSR count). The number of allylic oxidation sites excluding steroid dienone is 1. The van der Waals surface area contributed by atoms with Crippen LogP contribution in [0, 0.1) is 5.92 Å². The highest BCUT2D eigenvalue weighted by atomic mass is 32.2. The number of primary amides is 1. The van der Waals surface area contributed by atoms with Crippen molar-refractivity contribution in [1.29, 1.82) is 0 Å². The van der Waals surface area contributed by atoms with E-state index in [4.69, 9.17) is 10.5 Å². The van der Waals surface area contributed by atoms with Crippen molar-refractivity contribution in [1.82, 2.24) is 14.9 Å². The zero-order valence-electron chi connectivity index (χ0n) is 19.7. The van der Waals surface area contributed by atoms with E-state index in [-0.39, 0.29) is 30.8 Å². The Kier molecular flexibility index (Phi) is 8.32. The van der Waals surface area contributed by atoms with Crippen molar-refractivity contribution in [3.63, 3.8) is 0 Å². The number of amides is 3. The van der Waals surface area contributed by atoms with Gasteiger partial charge in [0.15, 0.2) is 0 Å². The van der Waals surface area contributed by atoms with E-state index in [0.717, 1.165) is 4.90 Å². The monoisotopic (exact) mass is 524 g/mol. The highest BCUT2D eigenvalue weighted by molar-refractivity contribution is 7.89. The SMILES string of the molecule is COc1ccc(S(=O)(=O)NCC2=CC[C@@H](C(N)=O)C(=O)N(C(C)C(=O)NC3CC(=O)OC3O)C2)cc1. The van der Waals surface area contributed by atoms with Gasteiger partial charge in [-0.25, -0.2) is 13.1 Å². The van der Waals surface area contributed by atoms with Crippen molar-refractivity contribution in [3.8, 4) is 5.75 Å². The highest BCUT2D eigenvalue weighted by Gasteiger charge is 2.39. The van der Waals surface area contributed by atoms with Crippen LogP contribution in [0.1, 0.15) is 19.8 Å². The lowest BCUT2D eigenvalue weighted by Crippen LogP contribution is -2.54. The molecule has 4 atom stereocenters. The summed E-state index contributed by atoms with van der Waals surface area (Å²) in [5.74, 6) is -3.74. The molecule has 0 spiro atoms. The van der Waals surface area contributed by atoms with Crippen molar-refractivity contribution in [2.24, 2.45) is 11.7 Å². The molecule has 3 amide bonds. The Labute approximate surface area is 207 Å². The number of benzene rings is 1. The molecule has 1 fully saturated rings. The second-order valence-electron chi connectivity index (χ2n) is 8.39. The summed E-state index contributed by atoms with van der Waals surface area (Å²) >= 11 is 0. The molecule has 0 aromatic heterocycles. The van der Waals surface area contributed by atoms with Gasteiger partial charge in [0.05, 0.1) is 18.4 Å². The van der Waals surface area contributed by atoms with Crippen molar-refractivity contribution >= 4 is 33.7 Å². The van der Waals surface area contributed by atoms with Gasteiger partial charge in [-0.3, -0.25) is 19.2 Å². The first-order valence-corrected chi connectivity index (χ1v) is 12.5. The molecule has 36 heavy (non-hydrogen) atoms. The van der Waals surface area contributed by atoms with E-state index in [1.807, 2.05) is 0 Å². The minimum Gasteiger partial charge on any atom is -0.497 e. The molecule has 0 saturated carbocycles. The van der Waals surface area contributed by atoms with Gasteiger partial charge in [-0.2, -0.15) is 0 Å². The number of cyclic esters (lactones) is 1. The molecule has 3 unspecified atom stereocenters. The van der Waals surface area contributed by atoms with Gasteiger partial charge < -0.3 is 30.5 Å². The van der Waals surface area contributed by atoms with Gasteiger partial charge in [-0.15, -0.1) is 0 Å². The van der Waals surface area contributed by atoms with Gasteiger partial charge in [0.25, 0.3) is 0 Å². The summed E-state index contributed by atoms with van der Waals surface area (Å²) in [6.45, 7) is 1.05. The van der Waals surface area contributed by atoms with Crippen LogP contribution in [0.3, 0.4) is 0 Å². The highest BCUT2D eigenvalue weighted by Crippen LogP contribution is 2.21. The number of nitrogens with zero attached hydrogens (tertiary/aromatic N) is 1. The predicted molar refractivity (Wildman–Crippen MR) is 123 cm³/mol. The van der Waals surface area contributed by atoms with E-state index in [9.17, 15) is 32.7 Å². The molecule has 0 aliphatic carbocycles. The van der Waals surface area contributed by atoms with E-state index < -0.39 is 58.0 Å². The van der Waals surface area contributed by atoms with E-state index in [0.29, 0.717) is 11.3 Å². The van der Waals surface area contributed by atoms with Crippen molar-refractivity contribution < 1.29 is 42.2 Å². The number of carbonyl (C=O) groups excluding carboxylic acids is 4. The Morgan fingerprint density at radius 2 is 1.94 bits per heavy atom. The molecule has 0 radical (unpaired) electrons. The summed E-state index contributed by atoms with van der Waals surface area (Å²) in [4.78, 5) is 50.2. The van der Waals surface area contributed by atoms with Gasteiger partial charge >= 0.3 is 5.97 Å². The van der Waals surface area contributed by atoms with E-state index >= 15 is 0 Å². The predicted octanol–water partition coefficient (Wildman–Crippen LogP) is -1.63. The molecule has 2 aliphatic rings. The van der Waals surface area contributed by atoms with Crippen molar-refractivity contribution in [2.75, 3.05) is 20.2 Å². The number of nitrogens with one attached hydrogen (secondary N) is 2. The van der Waals surface area contributed by atoms with Crippen LogP contribution >= 0.6 is 0 Å². The third kappa shape index (κ3) is 6.19. The topological polar surface area (TPSA) is 194 Å². The van der Waals surface area contributed by atoms with Crippen molar-refractivity contribution in [2.45, 2.75) is 43.0 Å². The van der Waals surface area contributed by atoms with Crippen molar-refractivity contribution in [3.05, 3.63) is 35.9 Å². The van der Waals surface area contributed by atoms with Gasteiger partial charge in [0.2, 0.25) is 34.0 Å². The molecule has 14 heteroatoms. The summed E-state index contributed by atoms with van der Waals surface area (Å²) < 4.78 is 37.5. The van der Waals surface area contributed by atoms with Gasteiger partial charge in [-0.1, -0.05) is 6.08 Å². The number of methoxy groups -OCH3 is 1. The molecular weight excluding hydrogens is 496 g/mol. The van der Waals surface area contributed by atoms with E-state index in [1.165, 1.54) is 38.3 Å². The molecule has 196 valence electrons. The summed E-state index contributed by atoms with van der Waals surface area (Å²) in [7, 11) is -2.46. The molecular formula is C22H28N4O9S. The number of nitrogens with two attached hydrogens (primary N) is 1. The number of rotatable bonds is 9. The standard InChI is InChI=1S/C22H28N4O9S/c1-12(20(29)25-17-9-18(27)35-22(17)31)26-11-13(3-8-16(19(23)28)21(26)30)10-24-36(32,33)15-6-4-14(34-2)5-7-15/h3-7,12,16-17,22,24,31H,8-11H2,1-2H3,(H2,23,28)(H,25,29)/t12?,16-,17?,22?/m0/s1. The number of sulfonamides is 1. The fourth-order valence-electron chi connectivity index (χ4n) is 3.78. The zero-order valence-corrected chi connectivity index (χ0v) is 20.5. The Bertz CT molecular complexity index is 1170. The van der Waals surface area contributed by atoms with E-state index in [2.05, 4.69) is 14.8 Å². The molecule has 1 aromatic carbocycles. The lowest BCUT2D eigenvalue weighted by atomic mass is 10.0. The van der Waals surface area contributed by atoms with Crippen LogP contribution in [0.4, 0.5) is 0 Å². The second kappa shape index (κ2) is 11.1. The Balaban J connectivity index is 1.75. The van der Waals surface area contributed by atoms with Crippen LogP contribution in [-0.2, 0) is 33.9 Å². The third-order valence-corrected chi connectivity index (χ3v) is 7.37. The number of aliphatic hydroxyl groups excluding tert-OH is 1. The number of aliphatic hydroxyl groups is 1. The van der Waals surface area contributed by atoms with Gasteiger partial charge in [0.1, 0.15) is 23.8 Å². The average Bonchev–Trinajstić information content (AvgIpc) is 3.05. The summed E-state index contributed by atoms with van der Waals surface area (Å²) in [5.41, 5.74) is 5.83. The number of esters is 1. The Morgan fingerprint density at radius 3 is 2.50 bits per heavy atom. The maximum absolute atomic E-state index is 13.0. The summed E-state index contributed by atoms with van der Waals surface area (Å²) in [6, 6.07) is 3.62. The van der Waals surface area contributed by atoms with Crippen LogP contribution in [-0.4, -0.2) is 80.7 Å². The first-order chi connectivity index (χ1) is 16.9.